The van der Waals surface area contributed by atoms with Crippen LogP contribution in [0.2, 0.25) is 0 Å². The monoisotopic (exact) mass is 281 g/mol. The zero-order valence-corrected chi connectivity index (χ0v) is 12.3. The minimum absolute atomic E-state index is 0.711. The Kier molecular flexibility index (Phi) is 3.29. The molecule has 1 aliphatic heterocycles. The van der Waals surface area contributed by atoms with Crippen LogP contribution < -0.4 is 5.32 Å². The largest absolute Gasteiger partial charge is 0.315 e. The fraction of sp³-hybridized carbons (Fsp3) is 0.333. The van der Waals surface area contributed by atoms with Crippen LogP contribution in [0.4, 0.5) is 0 Å². The van der Waals surface area contributed by atoms with Crippen LogP contribution in [-0.4, -0.2) is 18.3 Å². The van der Waals surface area contributed by atoms with Crippen LogP contribution >= 0.6 is 11.8 Å². The molecule has 0 saturated carbocycles. The number of hydrogen-bond donors (Lipinski definition) is 1. The second kappa shape index (κ2) is 5.27. The molecule has 2 aromatic rings. The summed E-state index contributed by atoms with van der Waals surface area (Å²) in [5, 5.41) is 4.40. The summed E-state index contributed by atoms with van der Waals surface area (Å²) in [7, 11) is 0. The summed E-state index contributed by atoms with van der Waals surface area (Å²) in [6, 6.07) is 17.7. The van der Waals surface area contributed by atoms with Gasteiger partial charge in [-0.05, 0) is 35.6 Å². The van der Waals surface area contributed by atoms with Crippen molar-refractivity contribution in [3.8, 4) is 0 Å². The van der Waals surface area contributed by atoms with Crippen molar-refractivity contribution in [3.63, 3.8) is 0 Å². The average Bonchev–Trinajstić information content (AvgIpc) is 2.86. The number of hydrogen-bond acceptors (Lipinski definition) is 2. The number of benzene rings is 2. The topological polar surface area (TPSA) is 12.0 Å². The molecule has 1 heterocycles. The predicted octanol–water partition coefficient (Wildman–Crippen LogP) is 3.63. The van der Waals surface area contributed by atoms with E-state index in [1.165, 1.54) is 23.3 Å². The first-order valence-corrected chi connectivity index (χ1v) is 8.31. The van der Waals surface area contributed by atoms with Crippen molar-refractivity contribution in [1.29, 1.82) is 0 Å². The first-order chi connectivity index (χ1) is 9.90. The van der Waals surface area contributed by atoms with Crippen molar-refractivity contribution in [3.05, 3.63) is 65.2 Å². The molecule has 2 heteroatoms. The number of fused-ring (bicyclic) bond motifs is 2. The molecule has 2 aromatic carbocycles. The molecular weight excluding hydrogens is 262 g/mol. The van der Waals surface area contributed by atoms with Crippen molar-refractivity contribution in [2.75, 3.05) is 13.1 Å². The van der Waals surface area contributed by atoms with Gasteiger partial charge in [0.2, 0.25) is 0 Å². The van der Waals surface area contributed by atoms with Crippen LogP contribution in [-0.2, 0) is 12.8 Å². The summed E-state index contributed by atoms with van der Waals surface area (Å²) in [5.41, 5.74) is 4.63. The zero-order valence-electron chi connectivity index (χ0n) is 11.5. The Hall–Kier alpha value is -1.25. The molecule has 2 aliphatic rings. The number of thioether (sulfide) groups is 1. The van der Waals surface area contributed by atoms with Crippen molar-refractivity contribution in [2.24, 2.45) is 0 Å². The molecule has 0 aromatic heterocycles. The maximum Gasteiger partial charge on any atom is 0.0260 e. The zero-order chi connectivity index (χ0) is 13.4. The Morgan fingerprint density at radius 3 is 2.55 bits per heavy atom. The Bertz CT molecular complexity index is 597. The highest BCUT2D eigenvalue weighted by molar-refractivity contribution is 8.00. The Morgan fingerprint density at radius 2 is 1.70 bits per heavy atom. The number of rotatable bonds is 4. The third kappa shape index (κ3) is 2.27. The smallest absolute Gasteiger partial charge is 0.0260 e. The maximum atomic E-state index is 3.68. The van der Waals surface area contributed by atoms with Crippen molar-refractivity contribution < 1.29 is 0 Å². The molecule has 0 radical (unpaired) electrons. The van der Waals surface area contributed by atoms with Gasteiger partial charge in [-0.3, -0.25) is 0 Å². The van der Waals surface area contributed by atoms with E-state index in [2.05, 4.69) is 53.8 Å². The molecule has 0 bridgehead atoms. The van der Waals surface area contributed by atoms with Gasteiger partial charge in [-0.15, -0.1) is 11.8 Å². The molecule has 4 rings (SSSR count). The lowest BCUT2D eigenvalue weighted by atomic mass is 9.77. The van der Waals surface area contributed by atoms with E-state index in [9.17, 15) is 0 Å². The minimum atomic E-state index is 0.711. The van der Waals surface area contributed by atoms with E-state index in [1.54, 1.807) is 11.1 Å². The summed E-state index contributed by atoms with van der Waals surface area (Å²) in [4.78, 5) is 1.48. The molecule has 2 unspecified atom stereocenters. The molecule has 0 spiro atoms. The minimum Gasteiger partial charge on any atom is -0.315 e. The third-order valence-electron chi connectivity index (χ3n) is 4.44. The highest BCUT2D eigenvalue weighted by Gasteiger charge is 2.26. The van der Waals surface area contributed by atoms with Gasteiger partial charge in [-0.25, -0.2) is 0 Å². The quantitative estimate of drug-likeness (QED) is 0.918. The molecule has 2 atom stereocenters. The summed E-state index contributed by atoms with van der Waals surface area (Å²) >= 11 is 2.04. The van der Waals surface area contributed by atoms with Gasteiger partial charge in [-0.1, -0.05) is 42.5 Å². The van der Waals surface area contributed by atoms with E-state index in [4.69, 9.17) is 0 Å². The second-order valence-corrected chi connectivity index (χ2v) is 7.15. The van der Waals surface area contributed by atoms with Gasteiger partial charge < -0.3 is 5.32 Å². The van der Waals surface area contributed by atoms with E-state index in [-0.39, 0.29) is 0 Å². The van der Waals surface area contributed by atoms with E-state index in [0.29, 0.717) is 5.25 Å². The lowest BCUT2D eigenvalue weighted by Gasteiger charge is -2.30. The van der Waals surface area contributed by atoms with Gasteiger partial charge in [0.15, 0.2) is 0 Å². The molecular formula is C18H19NS. The Labute approximate surface area is 124 Å². The van der Waals surface area contributed by atoms with Crippen molar-refractivity contribution in [2.45, 2.75) is 28.9 Å². The normalized spacial score (nSPS) is 23.0. The van der Waals surface area contributed by atoms with Crippen molar-refractivity contribution in [1.82, 2.24) is 5.32 Å². The van der Waals surface area contributed by atoms with E-state index in [0.717, 1.165) is 19.0 Å². The van der Waals surface area contributed by atoms with Gasteiger partial charge in [0.05, 0.1) is 0 Å². The highest BCUT2D eigenvalue weighted by Crippen LogP contribution is 2.37. The standard InChI is InChI=1S/C18H19NS/c1-3-7-17-13(5-1)9-15(17)11-19-12-16-10-14-6-2-4-8-18(14)20-16/h1-8,15-16,19H,9-12H2. The summed E-state index contributed by atoms with van der Waals surface area (Å²) in [6.45, 7) is 2.25. The molecule has 1 N–H and O–H groups in total. The maximum absolute atomic E-state index is 3.68. The van der Waals surface area contributed by atoms with Crippen LogP contribution in [0.3, 0.4) is 0 Å². The van der Waals surface area contributed by atoms with Gasteiger partial charge in [0.1, 0.15) is 0 Å². The molecule has 1 nitrogen and oxygen atoms in total. The summed E-state index contributed by atoms with van der Waals surface area (Å²) < 4.78 is 0. The van der Waals surface area contributed by atoms with Gasteiger partial charge in [-0.2, -0.15) is 0 Å². The first-order valence-electron chi connectivity index (χ1n) is 7.43. The number of nitrogens with one attached hydrogen (secondary N) is 1. The van der Waals surface area contributed by atoms with Gasteiger partial charge >= 0.3 is 0 Å². The van der Waals surface area contributed by atoms with Gasteiger partial charge in [0, 0.05) is 29.2 Å². The molecule has 1 aliphatic carbocycles. The third-order valence-corrected chi connectivity index (χ3v) is 5.76. The fourth-order valence-corrected chi connectivity index (χ4v) is 4.61. The summed E-state index contributed by atoms with van der Waals surface area (Å²) in [5.74, 6) is 0.736. The SMILES string of the molecule is c1ccc2c(c1)CC(CNCC1Cc3ccccc31)S2. The fourth-order valence-electron chi connectivity index (χ4n) is 3.33. The molecule has 20 heavy (non-hydrogen) atoms. The predicted molar refractivity (Wildman–Crippen MR) is 85.5 cm³/mol. The molecule has 0 amide bonds. The highest BCUT2D eigenvalue weighted by atomic mass is 32.2. The van der Waals surface area contributed by atoms with Crippen LogP contribution in [0.1, 0.15) is 22.6 Å². The van der Waals surface area contributed by atoms with Gasteiger partial charge in [0.25, 0.3) is 0 Å². The van der Waals surface area contributed by atoms with Crippen LogP contribution in [0, 0.1) is 0 Å². The average molecular weight is 281 g/mol. The van der Waals surface area contributed by atoms with E-state index < -0.39 is 0 Å². The second-order valence-electron chi connectivity index (χ2n) is 5.81. The molecule has 102 valence electrons. The summed E-state index contributed by atoms with van der Waals surface area (Å²) in [6.07, 6.45) is 2.47. The van der Waals surface area contributed by atoms with Crippen LogP contribution in [0.15, 0.2) is 53.4 Å². The van der Waals surface area contributed by atoms with E-state index in [1.807, 2.05) is 11.8 Å². The van der Waals surface area contributed by atoms with Crippen LogP contribution in [0.5, 0.6) is 0 Å². The Balaban J connectivity index is 1.28. The lowest BCUT2D eigenvalue weighted by Crippen LogP contribution is -2.33. The molecule has 0 fully saturated rings. The first kappa shape index (κ1) is 12.5. The van der Waals surface area contributed by atoms with Crippen molar-refractivity contribution >= 4 is 11.8 Å². The lowest BCUT2D eigenvalue weighted by molar-refractivity contribution is 0.533. The Morgan fingerprint density at radius 1 is 0.900 bits per heavy atom. The van der Waals surface area contributed by atoms with Crippen LogP contribution in [0.25, 0.3) is 0 Å². The molecule has 0 saturated heterocycles. The van der Waals surface area contributed by atoms with E-state index >= 15 is 0 Å².